The van der Waals surface area contributed by atoms with E-state index in [1.165, 1.54) is 0 Å². The van der Waals surface area contributed by atoms with Gasteiger partial charge in [-0.1, -0.05) is 18.7 Å². The van der Waals surface area contributed by atoms with Gasteiger partial charge in [-0.05, 0) is 19.3 Å². The van der Waals surface area contributed by atoms with E-state index >= 15 is 0 Å². The molecule has 6 nitrogen and oxygen atoms in total. The number of ether oxygens (including phenoxy) is 2. The summed E-state index contributed by atoms with van der Waals surface area (Å²) in [5, 5.41) is 3.61. The Morgan fingerprint density at radius 2 is 2.32 bits per heavy atom. The first-order chi connectivity index (χ1) is 9.31. The average Bonchev–Trinajstić information content (AvgIpc) is 2.96. The zero-order valence-corrected chi connectivity index (χ0v) is 12.2. The average molecular weight is 284 g/mol. The summed E-state index contributed by atoms with van der Waals surface area (Å²) in [5.74, 6) is 1.41. The largest absolute Gasteiger partial charge is 0.463 e. The molecule has 1 N–H and O–H groups in total. The zero-order chi connectivity index (χ0) is 13.5. The van der Waals surface area contributed by atoms with Gasteiger partial charge in [0.25, 0.3) is 0 Å². The van der Waals surface area contributed by atoms with Gasteiger partial charge < -0.3 is 14.8 Å². The minimum Gasteiger partial charge on any atom is -0.463 e. The number of nitrogens with one attached hydrogen (secondary N) is 1. The molecule has 0 radical (unpaired) electrons. The van der Waals surface area contributed by atoms with Gasteiger partial charge in [-0.15, -0.1) is 0 Å². The summed E-state index contributed by atoms with van der Waals surface area (Å²) in [5.41, 5.74) is 0. The van der Waals surface area contributed by atoms with Gasteiger partial charge in [0.15, 0.2) is 5.16 Å². The van der Waals surface area contributed by atoms with Crippen molar-refractivity contribution in [1.82, 2.24) is 15.0 Å². The van der Waals surface area contributed by atoms with Gasteiger partial charge in [-0.3, -0.25) is 0 Å². The van der Waals surface area contributed by atoms with Gasteiger partial charge in [0.2, 0.25) is 5.95 Å². The van der Waals surface area contributed by atoms with Crippen molar-refractivity contribution in [3.05, 3.63) is 0 Å². The molecule has 106 valence electrons. The van der Waals surface area contributed by atoms with Crippen LogP contribution >= 0.6 is 11.8 Å². The van der Waals surface area contributed by atoms with Crippen LogP contribution in [-0.2, 0) is 4.74 Å². The van der Waals surface area contributed by atoms with Crippen molar-refractivity contribution in [2.24, 2.45) is 0 Å². The smallest absolute Gasteiger partial charge is 0.322 e. The van der Waals surface area contributed by atoms with Crippen LogP contribution in [-0.4, -0.2) is 47.1 Å². The topological polar surface area (TPSA) is 69.2 Å². The predicted octanol–water partition coefficient (Wildman–Crippen LogP) is 1.97. The van der Waals surface area contributed by atoms with Gasteiger partial charge in [-0.25, -0.2) is 0 Å². The summed E-state index contributed by atoms with van der Waals surface area (Å²) in [7, 11) is 1.79. The van der Waals surface area contributed by atoms with E-state index in [1.54, 1.807) is 18.8 Å². The number of rotatable bonds is 7. The second kappa shape index (κ2) is 7.49. The highest BCUT2D eigenvalue weighted by molar-refractivity contribution is 7.99. The monoisotopic (exact) mass is 284 g/mol. The maximum Gasteiger partial charge on any atom is 0.322 e. The Morgan fingerprint density at radius 1 is 1.42 bits per heavy atom. The lowest BCUT2D eigenvalue weighted by Gasteiger charge is -2.09. The maximum absolute atomic E-state index is 5.59. The van der Waals surface area contributed by atoms with Crippen molar-refractivity contribution < 1.29 is 9.47 Å². The number of nitrogens with zero attached hydrogens (tertiary/aromatic N) is 3. The van der Waals surface area contributed by atoms with Gasteiger partial charge in [0, 0.05) is 19.4 Å². The summed E-state index contributed by atoms with van der Waals surface area (Å²) < 4.78 is 11.1. The molecule has 1 atom stereocenters. The minimum atomic E-state index is 0.319. The number of hydrogen-bond acceptors (Lipinski definition) is 7. The molecule has 0 amide bonds. The van der Waals surface area contributed by atoms with Crippen LogP contribution in [0.5, 0.6) is 6.01 Å². The highest BCUT2D eigenvalue weighted by Crippen LogP contribution is 2.23. The van der Waals surface area contributed by atoms with Crippen molar-refractivity contribution in [3.8, 4) is 6.01 Å². The third kappa shape index (κ3) is 4.50. The van der Waals surface area contributed by atoms with Crippen LogP contribution in [0.25, 0.3) is 0 Å². The van der Waals surface area contributed by atoms with Crippen molar-refractivity contribution in [1.29, 1.82) is 0 Å². The molecule has 1 aliphatic rings. The van der Waals surface area contributed by atoms with Gasteiger partial charge >= 0.3 is 6.01 Å². The molecule has 0 bridgehead atoms. The highest BCUT2D eigenvalue weighted by Gasteiger charge is 2.17. The third-order valence-corrected chi connectivity index (χ3v) is 3.65. The summed E-state index contributed by atoms with van der Waals surface area (Å²) in [6.45, 7) is 3.53. The fourth-order valence-corrected chi connectivity index (χ4v) is 2.61. The Morgan fingerprint density at radius 3 is 3.00 bits per heavy atom. The van der Waals surface area contributed by atoms with Crippen LogP contribution in [0.3, 0.4) is 0 Å². The van der Waals surface area contributed by atoms with Crippen LogP contribution in [0.1, 0.15) is 26.2 Å². The molecule has 1 saturated heterocycles. The lowest BCUT2D eigenvalue weighted by Crippen LogP contribution is -2.10. The van der Waals surface area contributed by atoms with E-state index in [1.807, 2.05) is 6.92 Å². The van der Waals surface area contributed by atoms with Crippen molar-refractivity contribution in [2.75, 3.05) is 31.3 Å². The maximum atomic E-state index is 5.59. The molecule has 1 aliphatic heterocycles. The SMILES string of the molecule is CCCOc1nc(NC)nc(SCC2CCCO2)n1. The van der Waals surface area contributed by atoms with Gasteiger partial charge in [0.05, 0.1) is 12.7 Å². The molecule has 1 fully saturated rings. The summed E-state index contributed by atoms with van der Waals surface area (Å²) in [6.07, 6.45) is 3.52. The molecule has 1 unspecified atom stereocenters. The van der Waals surface area contributed by atoms with Crippen molar-refractivity contribution in [2.45, 2.75) is 37.4 Å². The normalized spacial score (nSPS) is 18.5. The molecule has 7 heteroatoms. The summed E-state index contributed by atoms with van der Waals surface area (Å²) in [6, 6.07) is 0.385. The molecule has 1 aromatic rings. The zero-order valence-electron chi connectivity index (χ0n) is 11.4. The van der Waals surface area contributed by atoms with E-state index in [0.717, 1.165) is 31.6 Å². The molecule has 1 aromatic heterocycles. The fraction of sp³-hybridized carbons (Fsp3) is 0.750. The predicted molar refractivity (Wildman–Crippen MR) is 74.9 cm³/mol. The molecule has 0 aromatic carbocycles. The first-order valence-corrected chi connectivity index (χ1v) is 7.61. The third-order valence-electron chi connectivity index (χ3n) is 2.68. The Hall–Kier alpha value is -1.08. The lowest BCUT2D eigenvalue weighted by atomic mass is 10.3. The molecule has 0 saturated carbocycles. The van der Waals surface area contributed by atoms with Crippen LogP contribution < -0.4 is 10.1 Å². The Balaban J connectivity index is 1.96. The van der Waals surface area contributed by atoms with Crippen LogP contribution in [0.15, 0.2) is 5.16 Å². The Labute approximate surface area is 117 Å². The first kappa shape index (κ1) is 14.3. The molecule has 0 aliphatic carbocycles. The first-order valence-electron chi connectivity index (χ1n) is 6.63. The Kier molecular flexibility index (Phi) is 5.65. The molecular weight excluding hydrogens is 264 g/mol. The van der Waals surface area contributed by atoms with E-state index < -0.39 is 0 Å². The number of hydrogen-bond donors (Lipinski definition) is 1. The summed E-state index contributed by atoms with van der Waals surface area (Å²) >= 11 is 1.59. The van der Waals surface area contributed by atoms with Crippen molar-refractivity contribution >= 4 is 17.7 Å². The van der Waals surface area contributed by atoms with E-state index in [4.69, 9.17) is 9.47 Å². The van der Waals surface area contributed by atoms with E-state index in [2.05, 4.69) is 20.3 Å². The highest BCUT2D eigenvalue weighted by atomic mass is 32.2. The molecule has 2 rings (SSSR count). The second-order valence-electron chi connectivity index (χ2n) is 4.27. The molecule has 0 spiro atoms. The standard InChI is InChI=1S/C12H20N4O2S/c1-3-6-18-11-14-10(13-2)15-12(16-11)19-8-9-5-4-7-17-9/h9H,3-8H2,1-2H3,(H,13,14,15,16). The van der Waals surface area contributed by atoms with Crippen LogP contribution in [0.2, 0.25) is 0 Å². The van der Waals surface area contributed by atoms with Gasteiger partial charge in [-0.2, -0.15) is 15.0 Å². The molecular formula is C12H20N4O2S. The molecule has 2 heterocycles. The number of anilines is 1. The Bertz CT molecular complexity index is 399. The van der Waals surface area contributed by atoms with Crippen molar-refractivity contribution in [3.63, 3.8) is 0 Å². The van der Waals surface area contributed by atoms with Gasteiger partial charge in [0.1, 0.15) is 0 Å². The summed E-state index contributed by atoms with van der Waals surface area (Å²) in [4.78, 5) is 12.8. The minimum absolute atomic E-state index is 0.319. The lowest BCUT2D eigenvalue weighted by molar-refractivity contribution is 0.129. The number of thioether (sulfide) groups is 1. The van der Waals surface area contributed by atoms with Crippen LogP contribution in [0, 0.1) is 0 Å². The van der Waals surface area contributed by atoms with Crippen LogP contribution in [0.4, 0.5) is 5.95 Å². The van der Waals surface area contributed by atoms with E-state index in [9.17, 15) is 0 Å². The van der Waals surface area contributed by atoms with E-state index in [-0.39, 0.29) is 0 Å². The molecule has 19 heavy (non-hydrogen) atoms. The van der Waals surface area contributed by atoms with E-state index in [0.29, 0.717) is 29.8 Å². The quantitative estimate of drug-likeness (QED) is 0.768. The number of aromatic nitrogens is 3. The second-order valence-corrected chi connectivity index (χ2v) is 5.26. The fourth-order valence-electron chi connectivity index (χ4n) is 1.72.